The van der Waals surface area contributed by atoms with E-state index in [0.29, 0.717) is 5.82 Å². The molecule has 0 aliphatic heterocycles. The lowest BCUT2D eigenvalue weighted by Crippen LogP contribution is -2.34. The van der Waals surface area contributed by atoms with Crippen LogP contribution in [0.4, 0.5) is 13.2 Å². The van der Waals surface area contributed by atoms with Crippen molar-refractivity contribution in [1.82, 2.24) is 15.1 Å². The molecule has 1 aliphatic rings. The standard InChI is InChI=1S/C14H15F3N4O2.ClH/c15-14(16,17)8-22-10-9(4-3-7-19-10)11-20-12(21-23-11)13(18)5-1-2-6-13;/h3-4,7H,1-2,5-6,8,18H2;1H. The van der Waals surface area contributed by atoms with Crippen molar-refractivity contribution in [2.45, 2.75) is 37.4 Å². The van der Waals surface area contributed by atoms with E-state index in [1.807, 2.05) is 0 Å². The fourth-order valence-corrected chi connectivity index (χ4v) is 2.58. The van der Waals surface area contributed by atoms with E-state index in [2.05, 4.69) is 15.1 Å². The predicted octanol–water partition coefficient (Wildman–Crippen LogP) is 3.22. The van der Waals surface area contributed by atoms with Crippen LogP contribution in [0.1, 0.15) is 31.5 Å². The van der Waals surface area contributed by atoms with Crippen LogP contribution in [0.25, 0.3) is 11.5 Å². The highest BCUT2D eigenvalue weighted by molar-refractivity contribution is 5.85. The first-order chi connectivity index (χ1) is 10.9. The number of halogens is 4. The first-order valence-electron chi connectivity index (χ1n) is 7.15. The van der Waals surface area contributed by atoms with Gasteiger partial charge in [0, 0.05) is 6.20 Å². The third kappa shape index (κ3) is 3.96. The maximum Gasteiger partial charge on any atom is 0.422 e. The van der Waals surface area contributed by atoms with Crippen molar-refractivity contribution in [3.8, 4) is 17.3 Å². The van der Waals surface area contributed by atoms with E-state index in [9.17, 15) is 13.2 Å². The normalized spacial score (nSPS) is 16.7. The van der Waals surface area contributed by atoms with Crippen LogP contribution in [0.2, 0.25) is 0 Å². The molecule has 2 aromatic heterocycles. The molecule has 0 amide bonds. The monoisotopic (exact) mass is 364 g/mol. The molecular weight excluding hydrogens is 349 g/mol. The molecule has 2 heterocycles. The van der Waals surface area contributed by atoms with E-state index >= 15 is 0 Å². The summed E-state index contributed by atoms with van der Waals surface area (Å²) in [6.07, 6.45) is 0.321. The highest BCUT2D eigenvalue weighted by Crippen LogP contribution is 2.36. The Bertz CT molecular complexity index is 687. The van der Waals surface area contributed by atoms with Gasteiger partial charge in [-0.1, -0.05) is 18.0 Å². The summed E-state index contributed by atoms with van der Waals surface area (Å²) >= 11 is 0. The van der Waals surface area contributed by atoms with Crippen LogP contribution in [0.3, 0.4) is 0 Å². The molecule has 1 aliphatic carbocycles. The van der Waals surface area contributed by atoms with Crippen LogP contribution in [0, 0.1) is 0 Å². The van der Waals surface area contributed by atoms with E-state index in [1.165, 1.54) is 12.3 Å². The molecular formula is C14H16ClF3N4O2. The molecule has 24 heavy (non-hydrogen) atoms. The molecule has 0 bridgehead atoms. The van der Waals surface area contributed by atoms with Gasteiger partial charge >= 0.3 is 6.18 Å². The van der Waals surface area contributed by atoms with Gasteiger partial charge < -0.3 is 15.0 Å². The van der Waals surface area contributed by atoms with Crippen LogP contribution in [-0.2, 0) is 5.54 Å². The Labute approximate surface area is 142 Å². The Morgan fingerprint density at radius 2 is 2.00 bits per heavy atom. The molecule has 1 fully saturated rings. The molecule has 0 aromatic carbocycles. The molecule has 0 saturated heterocycles. The van der Waals surface area contributed by atoms with E-state index in [-0.39, 0.29) is 29.7 Å². The summed E-state index contributed by atoms with van der Waals surface area (Å²) in [5, 5.41) is 3.88. The topological polar surface area (TPSA) is 87.1 Å². The smallest absolute Gasteiger partial charge is 0.422 e. The van der Waals surface area contributed by atoms with Gasteiger partial charge in [0.2, 0.25) is 5.88 Å². The van der Waals surface area contributed by atoms with E-state index in [4.69, 9.17) is 15.0 Å². The Morgan fingerprint density at radius 1 is 1.29 bits per heavy atom. The zero-order valence-electron chi connectivity index (χ0n) is 12.5. The van der Waals surface area contributed by atoms with Crippen molar-refractivity contribution in [3.05, 3.63) is 24.2 Å². The number of aromatic nitrogens is 3. The lowest BCUT2D eigenvalue weighted by atomic mass is 9.99. The Balaban J connectivity index is 0.00000208. The first kappa shape index (κ1) is 18.5. The number of ether oxygens (including phenoxy) is 1. The van der Waals surface area contributed by atoms with Gasteiger partial charge in [-0.15, -0.1) is 12.4 Å². The van der Waals surface area contributed by atoms with Gasteiger partial charge in [-0.25, -0.2) is 4.98 Å². The molecule has 0 radical (unpaired) electrons. The second-order valence-corrected chi connectivity index (χ2v) is 5.55. The van der Waals surface area contributed by atoms with Crippen molar-refractivity contribution in [3.63, 3.8) is 0 Å². The molecule has 1 saturated carbocycles. The van der Waals surface area contributed by atoms with Gasteiger partial charge in [0.1, 0.15) is 5.56 Å². The molecule has 10 heteroatoms. The molecule has 2 N–H and O–H groups in total. The highest BCUT2D eigenvalue weighted by Gasteiger charge is 2.36. The predicted molar refractivity (Wildman–Crippen MR) is 80.7 cm³/mol. The summed E-state index contributed by atoms with van der Waals surface area (Å²) in [5.41, 5.74) is 5.81. The van der Waals surface area contributed by atoms with Crippen molar-refractivity contribution in [2.75, 3.05) is 6.61 Å². The summed E-state index contributed by atoms with van der Waals surface area (Å²) in [5.74, 6) is 0.190. The van der Waals surface area contributed by atoms with E-state index < -0.39 is 18.3 Å². The number of hydrogen-bond donors (Lipinski definition) is 1. The fraction of sp³-hybridized carbons (Fsp3) is 0.500. The second kappa shape index (κ2) is 6.94. The minimum Gasteiger partial charge on any atom is -0.467 e. The number of nitrogens with zero attached hydrogens (tertiary/aromatic N) is 3. The Hall–Kier alpha value is -1.87. The molecule has 0 unspecified atom stereocenters. The van der Waals surface area contributed by atoms with Gasteiger partial charge in [-0.3, -0.25) is 0 Å². The minimum absolute atomic E-state index is 0. The van der Waals surface area contributed by atoms with Crippen molar-refractivity contribution in [1.29, 1.82) is 0 Å². The summed E-state index contributed by atoms with van der Waals surface area (Å²) < 4.78 is 46.8. The van der Waals surface area contributed by atoms with E-state index in [1.54, 1.807) is 6.07 Å². The SMILES string of the molecule is Cl.NC1(c2noc(-c3cccnc3OCC(F)(F)F)n2)CCCC1. The van der Waals surface area contributed by atoms with Gasteiger partial charge in [-0.05, 0) is 25.0 Å². The lowest BCUT2D eigenvalue weighted by molar-refractivity contribution is -0.154. The summed E-state index contributed by atoms with van der Waals surface area (Å²) in [6, 6.07) is 3.06. The number of hydrogen-bond acceptors (Lipinski definition) is 6. The average molecular weight is 365 g/mol. The number of pyridine rings is 1. The number of nitrogens with two attached hydrogens (primary N) is 1. The Kier molecular flexibility index (Phi) is 5.34. The fourth-order valence-electron chi connectivity index (χ4n) is 2.58. The third-order valence-electron chi connectivity index (χ3n) is 3.74. The average Bonchev–Trinajstić information content (AvgIpc) is 3.14. The van der Waals surface area contributed by atoms with Crippen LogP contribution in [0.5, 0.6) is 5.88 Å². The van der Waals surface area contributed by atoms with Crippen molar-refractivity contribution in [2.24, 2.45) is 5.73 Å². The van der Waals surface area contributed by atoms with Crippen LogP contribution in [0.15, 0.2) is 22.9 Å². The van der Waals surface area contributed by atoms with Crippen LogP contribution in [-0.4, -0.2) is 27.9 Å². The summed E-state index contributed by atoms with van der Waals surface area (Å²) in [6.45, 7) is -1.45. The maximum absolute atomic E-state index is 12.3. The zero-order chi connectivity index (χ0) is 16.5. The van der Waals surface area contributed by atoms with E-state index in [0.717, 1.165) is 25.7 Å². The van der Waals surface area contributed by atoms with Gasteiger partial charge in [0.15, 0.2) is 12.4 Å². The maximum atomic E-state index is 12.3. The Morgan fingerprint density at radius 3 is 2.67 bits per heavy atom. The summed E-state index contributed by atoms with van der Waals surface area (Å²) in [7, 11) is 0. The molecule has 132 valence electrons. The lowest BCUT2D eigenvalue weighted by Gasteiger charge is -2.17. The zero-order valence-corrected chi connectivity index (χ0v) is 13.4. The first-order valence-corrected chi connectivity index (χ1v) is 7.15. The van der Waals surface area contributed by atoms with Gasteiger partial charge in [0.05, 0.1) is 5.54 Å². The highest BCUT2D eigenvalue weighted by atomic mass is 35.5. The van der Waals surface area contributed by atoms with Crippen molar-refractivity contribution < 1.29 is 22.4 Å². The molecule has 3 rings (SSSR count). The second-order valence-electron chi connectivity index (χ2n) is 5.55. The van der Waals surface area contributed by atoms with Crippen LogP contribution < -0.4 is 10.5 Å². The molecule has 2 aromatic rings. The van der Waals surface area contributed by atoms with Gasteiger partial charge in [0.25, 0.3) is 5.89 Å². The minimum atomic E-state index is -4.46. The van der Waals surface area contributed by atoms with Gasteiger partial charge in [-0.2, -0.15) is 18.2 Å². The third-order valence-corrected chi connectivity index (χ3v) is 3.74. The summed E-state index contributed by atoms with van der Waals surface area (Å²) in [4.78, 5) is 8.04. The molecule has 6 nitrogen and oxygen atoms in total. The van der Waals surface area contributed by atoms with Crippen molar-refractivity contribution >= 4 is 12.4 Å². The number of alkyl halides is 3. The number of rotatable bonds is 4. The molecule has 0 atom stereocenters. The molecule has 0 spiro atoms. The van der Waals surface area contributed by atoms with Crippen LogP contribution >= 0.6 is 12.4 Å². The quantitative estimate of drug-likeness (QED) is 0.896. The largest absolute Gasteiger partial charge is 0.467 e.